The normalized spacial score (nSPS) is 15.7. The van der Waals surface area contributed by atoms with Crippen molar-refractivity contribution in [1.29, 1.82) is 0 Å². The van der Waals surface area contributed by atoms with Gasteiger partial charge in [0.2, 0.25) is 5.91 Å². The summed E-state index contributed by atoms with van der Waals surface area (Å²) in [6, 6.07) is 14.1. The van der Waals surface area contributed by atoms with Gasteiger partial charge in [-0.25, -0.2) is 8.42 Å². The van der Waals surface area contributed by atoms with Gasteiger partial charge in [-0.2, -0.15) is 0 Å². The van der Waals surface area contributed by atoms with Crippen molar-refractivity contribution in [3.63, 3.8) is 0 Å². The number of carbonyl (C=O) groups excluding carboxylic acids is 1. The van der Waals surface area contributed by atoms with Gasteiger partial charge in [0.25, 0.3) is 10.0 Å². The molecule has 0 fully saturated rings. The molecule has 3 aromatic rings. The highest BCUT2D eigenvalue weighted by atomic mass is 35.5. The predicted octanol–water partition coefficient (Wildman–Crippen LogP) is 4.68. The fraction of sp³-hybridized carbons (Fsp3) is 0.105. The van der Waals surface area contributed by atoms with E-state index in [1.54, 1.807) is 49.4 Å². The number of sulfonamides is 1. The molecule has 1 aliphatic heterocycles. The van der Waals surface area contributed by atoms with E-state index in [4.69, 9.17) is 23.2 Å². The summed E-state index contributed by atoms with van der Waals surface area (Å²) in [5, 5.41) is 4.87. The zero-order valence-corrected chi connectivity index (χ0v) is 16.4. The van der Waals surface area contributed by atoms with Crippen molar-refractivity contribution in [3.8, 4) is 0 Å². The van der Waals surface area contributed by atoms with Gasteiger partial charge >= 0.3 is 0 Å². The Bertz CT molecular complexity index is 1170. The van der Waals surface area contributed by atoms with Crippen LogP contribution < -0.4 is 9.62 Å². The first-order chi connectivity index (χ1) is 12.8. The third-order valence-electron chi connectivity index (χ3n) is 4.48. The molecule has 1 atom stereocenters. The first-order valence-electron chi connectivity index (χ1n) is 8.12. The number of carbonyl (C=O) groups is 1. The molecule has 0 saturated carbocycles. The zero-order chi connectivity index (χ0) is 19.3. The van der Waals surface area contributed by atoms with E-state index in [2.05, 4.69) is 5.32 Å². The number of halogens is 2. The van der Waals surface area contributed by atoms with E-state index >= 15 is 0 Å². The fourth-order valence-electron chi connectivity index (χ4n) is 3.32. The first-order valence-corrected chi connectivity index (χ1v) is 10.3. The number of hydrogen-bond acceptors (Lipinski definition) is 3. The fourth-order valence-corrected chi connectivity index (χ4v) is 5.71. The van der Waals surface area contributed by atoms with Crippen molar-refractivity contribution in [1.82, 2.24) is 0 Å². The molecular weight excluding hydrogens is 407 g/mol. The van der Waals surface area contributed by atoms with Gasteiger partial charge in [0.1, 0.15) is 6.04 Å². The van der Waals surface area contributed by atoms with E-state index in [1.807, 2.05) is 12.1 Å². The lowest BCUT2D eigenvalue weighted by atomic mass is 10.1. The highest BCUT2D eigenvalue weighted by Gasteiger charge is 2.40. The minimum absolute atomic E-state index is 0.209. The Hall–Kier alpha value is -2.28. The van der Waals surface area contributed by atoms with Crippen molar-refractivity contribution in [2.75, 3.05) is 9.62 Å². The minimum atomic E-state index is -3.83. The van der Waals surface area contributed by atoms with Crippen LogP contribution in [0.25, 0.3) is 10.8 Å². The summed E-state index contributed by atoms with van der Waals surface area (Å²) in [7, 11) is -3.83. The number of amides is 1. The molecule has 0 spiro atoms. The standard InChI is InChI=1S/C19H14Cl2N2O3S/c1-11(19(24)22-15-9-13(20)8-14(21)10-15)23-16-6-2-4-12-5-3-7-17(18(12)16)27(23,25)26/h2-11H,1H3,(H,22,24)/t11-/m0/s1. The van der Waals surface area contributed by atoms with Gasteiger partial charge in [-0.1, -0.05) is 47.5 Å². The molecule has 1 amide bonds. The Morgan fingerprint density at radius 1 is 1.04 bits per heavy atom. The minimum Gasteiger partial charge on any atom is -0.324 e. The van der Waals surface area contributed by atoms with E-state index in [1.165, 1.54) is 0 Å². The van der Waals surface area contributed by atoms with Crippen LogP contribution in [0, 0.1) is 0 Å². The quantitative estimate of drug-likeness (QED) is 0.668. The second-order valence-electron chi connectivity index (χ2n) is 6.26. The number of anilines is 2. The summed E-state index contributed by atoms with van der Waals surface area (Å²) in [5.74, 6) is -0.485. The number of benzene rings is 3. The van der Waals surface area contributed by atoms with Crippen LogP contribution in [-0.4, -0.2) is 20.4 Å². The zero-order valence-electron chi connectivity index (χ0n) is 14.1. The van der Waals surface area contributed by atoms with Gasteiger partial charge in [-0.3, -0.25) is 9.10 Å². The summed E-state index contributed by atoms with van der Waals surface area (Å²) in [6.07, 6.45) is 0. The molecule has 1 aliphatic rings. The summed E-state index contributed by atoms with van der Waals surface area (Å²) in [6.45, 7) is 1.55. The van der Waals surface area contributed by atoms with E-state index in [0.29, 0.717) is 26.8 Å². The lowest BCUT2D eigenvalue weighted by Crippen LogP contribution is -2.43. The second kappa shape index (κ2) is 6.41. The summed E-state index contributed by atoms with van der Waals surface area (Å²) >= 11 is 11.9. The number of hydrogen-bond donors (Lipinski definition) is 1. The van der Waals surface area contributed by atoms with Gasteiger partial charge in [0, 0.05) is 21.1 Å². The predicted molar refractivity (Wildman–Crippen MR) is 108 cm³/mol. The molecule has 0 aliphatic carbocycles. The third kappa shape index (κ3) is 2.94. The van der Waals surface area contributed by atoms with Crippen LogP contribution in [0.1, 0.15) is 6.92 Å². The Kier molecular flexibility index (Phi) is 4.29. The van der Waals surface area contributed by atoms with E-state index < -0.39 is 22.0 Å². The number of nitrogens with one attached hydrogen (secondary N) is 1. The molecule has 1 N–H and O–H groups in total. The van der Waals surface area contributed by atoms with Crippen LogP contribution in [0.15, 0.2) is 59.5 Å². The van der Waals surface area contributed by atoms with Crippen LogP contribution in [0.2, 0.25) is 10.0 Å². The van der Waals surface area contributed by atoms with Crippen molar-refractivity contribution in [3.05, 3.63) is 64.6 Å². The molecule has 1 heterocycles. The lowest BCUT2D eigenvalue weighted by molar-refractivity contribution is -0.116. The SMILES string of the molecule is C[C@@H](C(=O)Nc1cc(Cl)cc(Cl)c1)N1c2cccc3cccc(c23)S1(=O)=O. The Labute approximate surface area is 166 Å². The van der Waals surface area contributed by atoms with Gasteiger partial charge in [0.15, 0.2) is 0 Å². The van der Waals surface area contributed by atoms with Crippen molar-refractivity contribution in [2.24, 2.45) is 0 Å². The second-order valence-corrected chi connectivity index (χ2v) is 8.91. The van der Waals surface area contributed by atoms with Gasteiger partial charge in [-0.15, -0.1) is 0 Å². The largest absolute Gasteiger partial charge is 0.324 e. The smallest absolute Gasteiger partial charge is 0.265 e. The number of rotatable bonds is 3. The van der Waals surface area contributed by atoms with Crippen molar-refractivity contribution in [2.45, 2.75) is 17.9 Å². The molecule has 0 saturated heterocycles. The molecule has 5 nitrogen and oxygen atoms in total. The van der Waals surface area contributed by atoms with Crippen LogP contribution >= 0.6 is 23.2 Å². The van der Waals surface area contributed by atoms with E-state index in [9.17, 15) is 13.2 Å². The maximum absolute atomic E-state index is 13.1. The molecule has 0 radical (unpaired) electrons. The van der Waals surface area contributed by atoms with Crippen molar-refractivity contribution < 1.29 is 13.2 Å². The highest BCUT2D eigenvalue weighted by Crippen LogP contribution is 2.43. The monoisotopic (exact) mass is 420 g/mol. The van der Waals surface area contributed by atoms with Crippen LogP contribution in [0.5, 0.6) is 0 Å². The molecule has 138 valence electrons. The van der Waals surface area contributed by atoms with Crippen LogP contribution in [-0.2, 0) is 14.8 Å². The number of nitrogens with zero attached hydrogens (tertiary/aromatic N) is 1. The molecule has 0 unspecified atom stereocenters. The molecule has 0 bridgehead atoms. The van der Waals surface area contributed by atoms with Gasteiger partial charge < -0.3 is 5.32 Å². The molecule has 3 aromatic carbocycles. The molecule has 27 heavy (non-hydrogen) atoms. The van der Waals surface area contributed by atoms with E-state index in [0.717, 1.165) is 9.69 Å². The molecule has 0 aromatic heterocycles. The average molecular weight is 421 g/mol. The average Bonchev–Trinajstić information content (AvgIpc) is 2.82. The van der Waals surface area contributed by atoms with Crippen LogP contribution in [0.3, 0.4) is 0 Å². The summed E-state index contributed by atoms with van der Waals surface area (Å²) < 4.78 is 27.3. The Morgan fingerprint density at radius 2 is 1.67 bits per heavy atom. The van der Waals surface area contributed by atoms with Gasteiger partial charge in [-0.05, 0) is 42.6 Å². The van der Waals surface area contributed by atoms with Crippen molar-refractivity contribution >= 4 is 61.3 Å². The maximum atomic E-state index is 13.1. The lowest BCUT2D eigenvalue weighted by Gasteiger charge is -2.25. The topological polar surface area (TPSA) is 66.5 Å². The summed E-state index contributed by atoms with van der Waals surface area (Å²) in [5.41, 5.74) is 0.895. The van der Waals surface area contributed by atoms with Crippen LogP contribution in [0.4, 0.5) is 11.4 Å². The highest BCUT2D eigenvalue weighted by molar-refractivity contribution is 7.93. The molecular formula is C19H14Cl2N2O3S. The first kappa shape index (κ1) is 18.1. The summed E-state index contributed by atoms with van der Waals surface area (Å²) in [4.78, 5) is 13.0. The Morgan fingerprint density at radius 3 is 2.33 bits per heavy atom. The Balaban J connectivity index is 1.73. The van der Waals surface area contributed by atoms with Gasteiger partial charge in [0.05, 0.1) is 10.6 Å². The maximum Gasteiger partial charge on any atom is 0.265 e. The molecule has 8 heteroatoms. The third-order valence-corrected chi connectivity index (χ3v) is 6.84. The van der Waals surface area contributed by atoms with E-state index in [-0.39, 0.29) is 4.90 Å². The molecule has 4 rings (SSSR count).